The van der Waals surface area contributed by atoms with Crippen molar-refractivity contribution in [3.63, 3.8) is 0 Å². The molecule has 0 atom stereocenters. The van der Waals surface area contributed by atoms with Crippen LogP contribution in [0.5, 0.6) is 23.0 Å². The minimum Gasteiger partial charge on any atom is -0.493 e. The maximum Gasteiger partial charge on any atom is 0.231 e. The summed E-state index contributed by atoms with van der Waals surface area (Å²) in [4.78, 5) is 0. The highest BCUT2D eigenvalue weighted by atomic mass is 79.9. The summed E-state index contributed by atoms with van der Waals surface area (Å²) < 4.78 is 23.0. The molecule has 1 aliphatic rings. The average Bonchev–Trinajstić information content (AvgIpc) is 3.06. The van der Waals surface area contributed by atoms with Gasteiger partial charge in [0.2, 0.25) is 6.79 Å². The summed E-state index contributed by atoms with van der Waals surface area (Å²) in [5.41, 5.74) is 1.98. The Bertz CT molecular complexity index is 720. The van der Waals surface area contributed by atoms with E-state index in [1.165, 1.54) is 0 Å². The minimum absolute atomic E-state index is 0.274. The lowest BCUT2D eigenvalue weighted by molar-refractivity contribution is 0.174. The van der Waals surface area contributed by atoms with Crippen molar-refractivity contribution in [2.24, 2.45) is 0 Å². The molecule has 2 aromatic carbocycles. The second-order valence-corrected chi connectivity index (χ2v) is 6.28. The highest BCUT2D eigenvalue weighted by molar-refractivity contribution is 9.10. The maximum atomic E-state index is 5.90. The van der Waals surface area contributed by atoms with E-state index < -0.39 is 0 Å². The van der Waals surface area contributed by atoms with Crippen molar-refractivity contribution in [3.8, 4) is 23.0 Å². The van der Waals surface area contributed by atoms with Crippen LogP contribution in [0.15, 0.2) is 34.8 Å². The van der Waals surface area contributed by atoms with Gasteiger partial charge in [0.25, 0.3) is 0 Å². The number of nitrogens with one attached hydrogen (secondary N) is 1. The maximum absolute atomic E-state index is 5.90. The molecule has 128 valence electrons. The zero-order chi connectivity index (χ0) is 16.9. The second-order valence-electron chi connectivity index (χ2n) is 5.37. The number of halogens is 1. The standard InChI is InChI=1S/C18H20BrNO4/c1-3-6-22-18-12(7-13(19)8-17(18)21-2)10-20-14-4-5-15-16(9-14)24-11-23-15/h4-5,7-9,20H,3,6,10-11H2,1-2H3. The molecule has 0 bridgehead atoms. The Labute approximate surface area is 150 Å². The van der Waals surface area contributed by atoms with Gasteiger partial charge in [0.1, 0.15) is 0 Å². The van der Waals surface area contributed by atoms with Gasteiger partial charge in [-0.25, -0.2) is 0 Å². The van der Waals surface area contributed by atoms with E-state index in [2.05, 4.69) is 28.2 Å². The predicted molar refractivity (Wildman–Crippen MR) is 96.4 cm³/mol. The van der Waals surface area contributed by atoms with Crippen LogP contribution >= 0.6 is 15.9 Å². The van der Waals surface area contributed by atoms with Crippen molar-refractivity contribution < 1.29 is 18.9 Å². The highest BCUT2D eigenvalue weighted by Crippen LogP contribution is 2.37. The Morgan fingerprint density at radius 3 is 2.79 bits per heavy atom. The van der Waals surface area contributed by atoms with E-state index in [0.717, 1.165) is 45.1 Å². The van der Waals surface area contributed by atoms with Crippen LogP contribution in [0, 0.1) is 0 Å². The van der Waals surface area contributed by atoms with Gasteiger partial charge >= 0.3 is 0 Å². The second kappa shape index (κ2) is 7.66. The van der Waals surface area contributed by atoms with E-state index in [9.17, 15) is 0 Å². The van der Waals surface area contributed by atoms with Gasteiger partial charge in [-0.1, -0.05) is 22.9 Å². The van der Waals surface area contributed by atoms with Crippen LogP contribution in [0.25, 0.3) is 0 Å². The fraction of sp³-hybridized carbons (Fsp3) is 0.333. The number of fused-ring (bicyclic) bond motifs is 1. The van der Waals surface area contributed by atoms with E-state index in [4.69, 9.17) is 18.9 Å². The number of ether oxygens (including phenoxy) is 4. The average molecular weight is 394 g/mol. The van der Waals surface area contributed by atoms with E-state index in [1.54, 1.807) is 7.11 Å². The van der Waals surface area contributed by atoms with Gasteiger partial charge in [-0.15, -0.1) is 0 Å². The van der Waals surface area contributed by atoms with Crippen LogP contribution in [0.2, 0.25) is 0 Å². The van der Waals surface area contributed by atoms with Gasteiger partial charge in [0.05, 0.1) is 13.7 Å². The molecule has 1 heterocycles. The molecule has 0 aliphatic carbocycles. The molecular weight excluding hydrogens is 374 g/mol. The molecule has 0 unspecified atom stereocenters. The van der Waals surface area contributed by atoms with Crippen molar-refractivity contribution in [1.82, 2.24) is 0 Å². The molecule has 1 aliphatic heterocycles. The van der Waals surface area contributed by atoms with Gasteiger partial charge in [0, 0.05) is 28.3 Å². The van der Waals surface area contributed by atoms with Crippen molar-refractivity contribution in [2.45, 2.75) is 19.9 Å². The Balaban J connectivity index is 1.79. The number of hydrogen-bond acceptors (Lipinski definition) is 5. The molecule has 5 nitrogen and oxygen atoms in total. The number of anilines is 1. The molecule has 24 heavy (non-hydrogen) atoms. The quantitative estimate of drug-likeness (QED) is 0.745. The van der Waals surface area contributed by atoms with Crippen LogP contribution in [0.1, 0.15) is 18.9 Å². The van der Waals surface area contributed by atoms with Crippen molar-refractivity contribution in [3.05, 3.63) is 40.4 Å². The summed E-state index contributed by atoms with van der Waals surface area (Å²) in [6.07, 6.45) is 0.939. The summed E-state index contributed by atoms with van der Waals surface area (Å²) in [6.45, 7) is 3.61. The third-order valence-electron chi connectivity index (χ3n) is 3.62. The van der Waals surface area contributed by atoms with Crippen LogP contribution in [0.3, 0.4) is 0 Å². The fourth-order valence-corrected chi connectivity index (χ4v) is 2.96. The third kappa shape index (κ3) is 3.70. The largest absolute Gasteiger partial charge is 0.493 e. The smallest absolute Gasteiger partial charge is 0.231 e. The van der Waals surface area contributed by atoms with E-state index >= 15 is 0 Å². The summed E-state index contributed by atoms with van der Waals surface area (Å²) in [7, 11) is 1.65. The Kier molecular flexibility index (Phi) is 5.35. The molecule has 0 aromatic heterocycles. The Morgan fingerprint density at radius 2 is 2.00 bits per heavy atom. The van der Waals surface area contributed by atoms with Gasteiger partial charge in [-0.3, -0.25) is 0 Å². The van der Waals surface area contributed by atoms with Crippen molar-refractivity contribution in [2.75, 3.05) is 25.8 Å². The van der Waals surface area contributed by atoms with Crippen molar-refractivity contribution in [1.29, 1.82) is 0 Å². The lowest BCUT2D eigenvalue weighted by atomic mass is 10.1. The number of hydrogen-bond donors (Lipinski definition) is 1. The lowest BCUT2D eigenvalue weighted by Gasteiger charge is -2.16. The summed E-state index contributed by atoms with van der Waals surface area (Å²) in [5, 5.41) is 3.39. The first-order valence-corrected chi connectivity index (χ1v) is 8.63. The molecule has 0 amide bonds. The SMILES string of the molecule is CCCOc1c(CNc2ccc3c(c2)OCO3)cc(Br)cc1OC. The summed E-state index contributed by atoms with van der Waals surface area (Å²) in [5.74, 6) is 3.03. The third-order valence-corrected chi connectivity index (χ3v) is 4.08. The molecule has 0 saturated heterocycles. The normalized spacial score (nSPS) is 12.1. The molecule has 2 aromatic rings. The molecule has 0 fully saturated rings. The summed E-state index contributed by atoms with van der Waals surface area (Å²) >= 11 is 3.52. The van der Waals surface area contributed by atoms with Crippen LogP contribution in [0.4, 0.5) is 5.69 Å². The minimum atomic E-state index is 0.274. The van der Waals surface area contributed by atoms with E-state index in [0.29, 0.717) is 13.2 Å². The molecule has 6 heteroatoms. The first-order chi connectivity index (χ1) is 11.7. The van der Waals surface area contributed by atoms with Crippen LogP contribution in [-0.4, -0.2) is 20.5 Å². The molecule has 0 saturated carbocycles. The molecule has 0 radical (unpaired) electrons. The van der Waals surface area contributed by atoms with E-state index in [1.807, 2.05) is 30.3 Å². The molecule has 0 spiro atoms. The predicted octanol–water partition coefficient (Wildman–Crippen LogP) is 4.59. The molecule has 1 N–H and O–H groups in total. The van der Waals surface area contributed by atoms with E-state index in [-0.39, 0.29) is 6.79 Å². The van der Waals surface area contributed by atoms with Crippen LogP contribution in [-0.2, 0) is 6.54 Å². The molecule has 3 rings (SSSR count). The first-order valence-electron chi connectivity index (χ1n) is 7.84. The van der Waals surface area contributed by atoms with Gasteiger partial charge < -0.3 is 24.3 Å². The zero-order valence-electron chi connectivity index (χ0n) is 13.7. The van der Waals surface area contributed by atoms with Gasteiger partial charge in [-0.2, -0.15) is 0 Å². The van der Waals surface area contributed by atoms with Crippen LogP contribution < -0.4 is 24.3 Å². The lowest BCUT2D eigenvalue weighted by Crippen LogP contribution is -2.06. The Morgan fingerprint density at radius 1 is 1.17 bits per heavy atom. The zero-order valence-corrected chi connectivity index (χ0v) is 15.3. The monoisotopic (exact) mass is 393 g/mol. The number of methoxy groups -OCH3 is 1. The number of rotatable bonds is 7. The van der Waals surface area contributed by atoms with Gasteiger partial charge in [-0.05, 0) is 30.7 Å². The molecular formula is C18H20BrNO4. The Hall–Kier alpha value is -2.08. The fourth-order valence-electron chi connectivity index (χ4n) is 2.48. The van der Waals surface area contributed by atoms with Crippen molar-refractivity contribution >= 4 is 21.6 Å². The first kappa shape index (κ1) is 16.8. The van der Waals surface area contributed by atoms with Gasteiger partial charge in [0.15, 0.2) is 23.0 Å². The summed E-state index contributed by atoms with van der Waals surface area (Å²) in [6, 6.07) is 9.75. The highest BCUT2D eigenvalue weighted by Gasteiger charge is 2.15. The topological polar surface area (TPSA) is 49.0 Å². The number of benzene rings is 2.